The minimum Gasteiger partial charge on any atom is -0.356 e. The number of pyridine rings is 2. The monoisotopic (exact) mass is 479 g/mol. The Hall–Kier alpha value is -4.05. The molecular weight excluding hydrogens is 450 g/mol. The van der Waals surface area contributed by atoms with Gasteiger partial charge in [-0.2, -0.15) is 5.26 Å². The topological polar surface area (TPSA) is 90.2 Å². The fraction of sp³-hybridized carbons (Fsp3) is 0.345. The molecule has 1 amide bonds. The zero-order chi connectivity index (χ0) is 25.1. The van der Waals surface area contributed by atoms with Gasteiger partial charge in [0, 0.05) is 67.7 Å². The first kappa shape index (κ1) is 23.7. The summed E-state index contributed by atoms with van der Waals surface area (Å²) >= 11 is 0. The van der Waals surface area contributed by atoms with E-state index in [1.807, 2.05) is 48.2 Å². The number of rotatable bonds is 6. The third-order valence-corrected chi connectivity index (χ3v) is 7.31. The third kappa shape index (κ3) is 4.99. The van der Waals surface area contributed by atoms with E-state index in [2.05, 4.69) is 20.9 Å². The van der Waals surface area contributed by atoms with Crippen LogP contribution in [0.15, 0.2) is 54.9 Å². The zero-order valence-electron chi connectivity index (χ0n) is 20.5. The van der Waals surface area contributed by atoms with Crippen molar-refractivity contribution in [1.29, 1.82) is 5.26 Å². The van der Waals surface area contributed by atoms with Crippen molar-refractivity contribution in [1.82, 2.24) is 14.9 Å². The highest BCUT2D eigenvalue weighted by Crippen LogP contribution is 2.28. The van der Waals surface area contributed by atoms with Gasteiger partial charge in [-0.25, -0.2) is 4.98 Å². The molecule has 1 aromatic carbocycles. The summed E-state index contributed by atoms with van der Waals surface area (Å²) in [7, 11) is 0. The van der Waals surface area contributed by atoms with Crippen molar-refractivity contribution in [2.45, 2.75) is 38.5 Å². The number of piperidine rings is 1. The number of hydrogen-bond acceptors (Lipinski definition) is 6. The number of nitriles is 1. The predicted octanol–water partition coefficient (Wildman–Crippen LogP) is 4.31. The molecule has 2 fully saturated rings. The van der Waals surface area contributed by atoms with E-state index in [1.165, 1.54) is 6.42 Å². The van der Waals surface area contributed by atoms with Gasteiger partial charge in [0.2, 0.25) is 0 Å². The van der Waals surface area contributed by atoms with Crippen molar-refractivity contribution in [3.8, 4) is 6.07 Å². The molecule has 0 N–H and O–H groups in total. The molecular formula is C29H29N5O2. The van der Waals surface area contributed by atoms with Gasteiger partial charge in [0.25, 0.3) is 5.91 Å². The Kier molecular flexibility index (Phi) is 6.77. The second-order valence-corrected chi connectivity index (χ2v) is 9.64. The van der Waals surface area contributed by atoms with Gasteiger partial charge in [-0.3, -0.25) is 14.6 Å². The van der Waals surface area contributed by atoms with E-state index < -0.39 is 0 Å². The predicted molar refractivity (Wildman–Crippen MR) is 137 cm³/mol. The Morgan fingerprint density at radius 3 is 2.36 bits per heavy atom. The molecule has 7 heteroatoms. The van der Waals surface area contributed by atoms with Crippen molar-refractivity contribution < 1.29 is 9.59 Å². The Morgan fingerprint density at radius 1 is 0.972 bits per heavy atom. The first-order valence-electron chi connectivity index (χ1n) is 12.5. The van der Waals surface area contributed by atoms with Crippen molar-refractivity contribution in [2.24, 2.45) is 0 Å². The Bertz CT molecular complexity index is 1300. The van der Waals surface area contributed by atoms with E-state index >= 15 is 0 Å². The second-order valence-electron chi connectivity index (χ2n) is 9.64. The molecule has 0 atom stereocenters. The van der Waals surface area contributed by atoms with Crippen molar-refractivity contribution in [3.05, 3.63) is 88.4 Å². The van der Waals surface area contributed by atoms with Crippen LogP contribution in [0.1, 0.15) is 68.3 Å². The number of nitrogens with zero attached hydrogens (tertiary/aromatic N) is 5. The van der Waals surface area contributed by atoms with Crippen LogP contribution in [-0.4, -0.2) is 52.7 Å². The third-order valence-electron chi connectivity index (χ3n) is 7.31. The highest BCUT2D eigenvalue weighted by molar-refractivity contribution is 5.98. The molecule has 0 radical (unpaired) electrons. The fourth-order valence-electron chi connectivity index (χ4n) is 4.83. The number of amides is 1. The Morgan fingerprint density at radius 2 is 1.75 bits per heavy atom. The first-order valence-corrected chi connectivity index (χ1v) is 12.5. The molecule has 0 spiro atoms. The number of benzene rings is 1. The summed E-state index contributed by atoms with van der Waals surface area (Å²) in [4.78, 5) is 39.2. The number of aromatic nitrogens is 2. The molecule has 3 aromatic rings. The van der Waals surface area contributed by atoms with Crippen LogP contribution < -0.4 is 4.90 Å². The number of aryl methyl sites for hydroxylation is 1. The maximum absolute atomic E-state index is 13.3. The molecule has 182 valence electrons. The summed E-state index contributed by atoms with van der Waals surface area (Å²) < 4.78 is 0. The first-order chi connectivity index (χ1) is 17.5. The zero-order valence-corrected chi connectivity index (χ0v) is 20.5. The number of anilines is 1. The molecule has 2 aliphatic rings. The van der Waals surface area contributed by atoms with E-state index in [4.69, 9.17) is 5.26 Å². The van der Waals surface area contributed by atoms with Crippen molar-refractivity contribution >= 4 is 17.5 Å². The number of carbonyl (C=O) groups excluding carboxylic acids is 2. The fourth-order valence-corrected chi connectivity index (χ4v) is 4.83. The lowest BCUT2D eigenvalue weighted by atomic mass is 9.92. The average Bonchev–Trinajstić information content (AvgIpc) is 2.89. The van der Waals surface area contributed by atoms with Gasteiger partial charge >= 0.3 is 0 Å². The molecule has 2 aliphatic heterocycles. The van der Waals surface area contributed by atoms with Crippen molar-refractivity contribution in [2.75, 3.05) is 31.1 Å². The molecule has 2 saturated heterocycles. The van der Waals surface area contributed by atoms with E-state index in [1.54, 1.807) is 18.5 Å². The van der Waals surface area contributed by atoms with E-state index in [-0.39, 0.29) is 24.0 Å². The smallest absolute Gasteiger partial charge is 0.253 e. The maximum atomic E-state index is 13.3. The van der Waals surface area contributed by atoms with Crippen LogP contribution in [0.25, 0.3) is 0 Å². The molecule has 5 rings (SSSR count). The summed E-state index contributed by atoms with van der Waals surface area (Å²) in [6.07, 6.45) is 6.36. The normalized spacial score (nSPS) is 15.8. The van der Waals surface area contributed by atoms with Crippen LogP contribution in [-0.2, 0) is 6.42 Å². The minimum atomic E-state index is -0.00416. The number of ketones is 1. The van der Waals surface area contributed by atoms with Gasteiger partial charge in [0.05, 0.1) is 5.56 Å². The van der Waals surface area contributed by atoms with Crippen LogP contribution in [0.3, 0.4) is 0 Å². The van der Waals surface area contributed by atoms with Crippen LogP contribution in [0.2, 0.25) is 0 Å². The molecule has 0 bridgehead atoms. The lowest BCUT2D eigenvalue weighted by molar-refractivity contribution is 0.0711. The average molecular weight is 480 g/mol. The standard InChI is InChI=1S/C29H29N5O2/c1-20-3-5-23(15-25(20)16-27(35)24-6-8-28(32-19-24)33-11-2-12-33)29(36)34-13-9-22(10-14-34)26-7-4-21(17-30)18-31-26/h3-8,15,18-19,22H,2,9-14,16H2,1H3. The highest BCUT2D eigenvalue weighted by atomic mass is 16.2. The molecule has 4 heterocycles. The van der Waals surface area contributed by atoms with Gasteiger partial charge in [-0.15, -0.1) is 0 Å². The lowest BCUT2D eigenvalue weighted by Gasteiger charge is -2.32. The largest absolute Gasteiger partial charge is 0.356 e. The minimum absolute atomic E-state index is 0.00101. The van der Waals surface area contributed by atoms with Gasteiger partial charge in [-0.05, 0) is 73.7 Å². The molecule has 0 saturated carbocycles. The summed E-state index contributed by atoms with van der Waals surface area (Å²) in [6.45, 7) is 5.32. The van der Waals surface area contributed by atoms with Crippen molar-refractivity contribution in [3.63, 3.8) is 0 Å². The molecule has 7 nitrogen and oxygen atoms in total. The SMILES string of the molecule is Cc1ccc(C(=O)N2CCC(c3ccc(C#N)cn3)CC2)cc1CC(=O)c1ccc(N2CCC2)nc1. The van der Waals surface area contributed by atoms with Gasteiger partial charge in [-0.1, -0.05) is 6.07 Å². The summed E-state index contributed by atoms with van der Waals surface area (Å²) in [5, 5.41) is 8.97. The Labute approximate surface area is 211 Å². The quantitative estimate of drug-likeness (QED) is 0.490. The highest BCUT2D eigenvalue weighted by Gasteiger charge is 2.26. The number of carbonyl (C=O) groups is 2. The van der Waals surface area contributed by atoms with Gasteiger partial charge < -0.3 is 9.80 Å². The van der Waals surface area contributed by atoms with Gasteiger partial charge in [0.15, 0.2) is 5.78 Å². The molecule has 2 aromatic heterocycles. The second kappa shape index (κ2) is 10.3. The van der Waals surface area contributed by atoms with Crippen LogP contribution in [0, 0.1) is 18.3 Å². The molecule has 0 unspecified atom stereocenters. The molecule has 0 aliphatic carbocycles. The lowest BCUT2D eigenvalue weighted by Crippen LogP contribution is -2.38. The van der Waals surface area contributed by atoms with Gasteiger partial charge in [0.1, 0.15) is 11.9 Å². The molecule has 36 heavy (non-hydrogen) atoms. The summed E-state index contributed by atoms with van der Waals surface area (Å²) in [6, 6.07) is 15.2. The van der Waals surface area contributed by atoms with Crippen LogP contribution >= 0.6 is 0 Å². The van der Waals surface area contributed by atoms with Crippen LogP contribution in [0.5, 0.6) is 0 Å². The maximum Gasteiger partial charge on any atom is 0.253 e. The number of Topliss-reactive ketones (excluding diaryl/α,β-unsaturated/α-hetero) is 1. The van der Waals surface area contributed by atoms with Crippen LogP contribution in [0.4, 0.5) is 5.82 Å². The summed E-state index contributed by atoms with van der Waals surface area (Å²) in [5.74, 6) is 1.20. The Balaban J connectivity index is 1.22. The van der Waals surface area contributed by atoms with E-state index in [9.17, 15) is 9.59 Å². The van der Waals surface area contributed by atoms with E-state index in [0.717, 1.165) is 48.6 Å². The number of hydrogen-bond donors (Lipinski definition) is 0. The number of likely N-dealkylation sites (tertiary alicyclic amines) is 1. The summed E-state index contributed by atoms with van der Waals surface area (Å²) in [5.41, 5.74) is 4.60. The van der Waals surface area contributed by atoms with E-state index in [0.29, 0.717) is 29.8 Å².